The molecule has 0 aromatic heterocycles. The number of amides is 11. The number of primary amides is 1. The average molecular weight is 1170 g/mol. The van der Waals surface area contributed by atoms with Crippen LogP contribution in [0, 0.1) is 17.8 Å². The molecule has 15 atom stereocenters. The van der Waals surface area contributed by atoms with E-state index in [1.54, 1.807) is 48.6 Å². The Balaban J connectivity index is 2.30. The molecule has 466 valence electrons. The van der Waals surface area contributed by atoms with Crippen LogP contribution >= 0.6 is 0 Å². The molecule has 1 fully saturated rings. The number of likely N-dealkylation sites (N-methyl/N-ethyl adjacent to an activating group) is 1. The summed E-state index contributed by atoms with van der Waals surface area (Å²) in [5.74, 6) is -12.4. The second-order valence-electron chi connectivity index (χ2n) is 21.1. The summed E-state index contributed by atoms with van der Waals surface area (Å²) in [7, 11) is 1.59. The predicted octanol–water partition coefficient (Wildman–Crippen LogP) is -3.83. The van der Waals surface area contributed by atoms with Crippen LogP contribution in [0.3, 0.4) is 0 Å². The smallest absolute Gasteiger partial charge is 0.329 e. The molecule has 1 aliphatic heterocycles. The van der Waals surface area contributed by atoms with Gasteiger partial charge >= 0.3 is 5.97 Å². The summed E-state index contributed by atoms with van der Waals surface area (Å²) in [5.41, 5.74) is 11.9. The number of aliphatic hydroxyl groups excluding tert-OH is 2. The molecule has 0 aliphatic carbocycles. The number of carbonyl (C=O) groups is 12. The van der Waals surface area contributed by atoms with Gasteiger partial charge in [0, 0.05) is 6.42 Å². The molecule has 28 nitrogen and oxygen atoms in total. The Hall–Kier alpha value is -7.30. The third kappa shape index (κ3) is 23.1. The van der Waals surface area contributed by atoms with Gasteiger partial charge in [-0.1, -0.05) is 91.1 Å². The number of hydrogen-bond acceptors (Lipinski definition) is 17. The number of hydrogen-bond donors (Lipinski definition) is 15. The van der Waals surface area contributed by atoms with Gasteiger partial charge < -0.3 is 84.9 Å². The molecule has 17 N–H and O–H groups in total. The van der Waals surface area contributed by atoms with Crippen molar-refractivity contribution in [1.29, 1.82) is 0 Å². The van der Waals surface area contributed by atoms with Crippen molar-refractivity contribution in [2.75, 3.05) is 26.8 Å². The van der Waals surface area contributed by atoms with Gasteiger partial charge in [0.2, 0.25) is 65.0 Å². The zero-order valence-corrected chi connectivity index (χ0v) is 49.4. The quantitative estimate of drug-likeness (QED) is 0.0243. The number of carbonyl (C=O) groups excluding carboxylic acids is 12. The number of cyclic esters (lactones) is 1. The first kappa shape index (κ1) is 71.8. The Morgan fingerprint density at radius 2 is 1.16 bits per heavy atom. The Morgan fingerprint density at radius 1 is 0.627 bits per heavy atom. The molecule has 0 bridgehead atoms. The molecular weight excluding hydrogens is 1080 g/mol. The molecule has 0 spiro atoms. The highest BCUT2D eigenvalue weighted by Crippen LogP contribution is 2.16. The zero-order chi connectivity index (χ0) is 62.7. The van der Waals surface area contributed by atoms with Gasteiger partial charge in [0.1, 0.15) is 66.5 Å². The van der Waals surface area contributed by atoms with Crippen LogP contribution < -0.4 is 70.0 Å². The lowest BCUT2D eigenvalue weighted by Crippen LogP contribution is -2.63. The minimum absolute atomic E-state index is 0.164. The lowest BCUT2D eigenvalue weighted by molar-refractivity contribution is -0.157. The normalized spacial score (nSPS) is 21.3. The van der Waals surface area contributed by atoms with E-state index < -0.39 is 187 Å². The standard InChI is InChI=1S/C55H91N13O15/c1-11-28(4)41(52(79)64-39(27-70)51(78)68-44-33(9)83-55(82)43(30(6)13-3)67-48(75)35(21-17-18-24-56)61-45(72)31(7)60-54(44)81)65-46(73)32(8)59-47(74)36(22-23-40(57)71)62-50(77)38(26-69)63-53(80)42(29(5)12-2)66-49(76)37(58-10)25-34-19-15-14-16-20-34/h14-16,19-20,28-33,35-39,41-44,58,69-70H,11-13,17-18,21-27,56H2,1-10H3,(H2,57,71)(H,59,74)(H,60,81)(H,61,72)(H,62,77)(H,63,80)(H,64,79)(H,65,73)(H,66,76)(H,67,75)(H,68,78)/t28-,29-,30-,31-,32+,33-,35-,36+,37+,38-,39-,41-,42-,43-,44+/m0/s1. The lowest BCUT2D eigenvalue weighted by atomic mass is 9.96. The average Bonchev–Trinajstić information content (AvgIpc) is 3.48. The largest absolute Gasteiger partial charge is 0.458 e. The maximum absolute atomic E-state index is 14.0. The van der Waals surface area contributed by atoms with Crippen LogP contribution in [0.2, 0.25) is 0 Å². The molecule has 1 aromatic rings. The molecule has 83 heavy (non-hydrogen) atoms. The molecule has 0 unspecified atom stereocenters. The van der Waals surface area contributed by atoms with Crippen molar-refractivity contribution in [3.63, 3.8) is 0 Å². The Labute approximate surface area is 485 Å². The van der Waals surface area contributed by atoms with Crippen molar-refractivity contribution in [1.82, 2.24) is 58.5 Å². The fraction of sp³-hybridized carbons (Fsp3) is 0.673. The van der Waals surface area contributed by atoms with Gasteiger partial charge in [0.25, 0.3) is 0 Å². The van der Waals surface area contributed by atoms with E-state index in [1.807, 2.05) is 30.3 Å². The van der Waals surface area contributed by atoms with Crippen molar-refractivity contribution >= 4 is 70.9 Å². The maximum atomic E-state index is 14.0. The van der Waals surface area contributed by atoms with Gasteiger partial charge in [-0.2, -0.15) is 0 Å². The van der Waals surface area contributed by atoms with Gasteiger partial charge in [-0.3, -0.25) is 52.7 Å². The number of benzene rings is 1. The second-order valence-corrected chi connectivity index (χ2v) is 21.1. The topological polar surface area (TPSA) is 439 Å². The first-order valence-corrected chi connectivity index (χ1v) is 28.4. The van der Waals surface area contributed by atoms with E-state index in [4.69, 9.17) is 16.2 Å². The summed E-state index contributed by atoms with van der Waals surface area (Å²) < 4.78 is 5.68. The summed E-state index contributed by atoms with van der Waals surface area (Å²) in [6.45, 7) is 12.4. The van der Waals surface area contributed by atoms with Crippen LogP contribution in [-0.4, -0.2) is 181 Å². The molecule has 0 radical (unpaired) electrons. The highest BCUT2D eigenvalue weighted by Gasteiger charge is 2.40. The SMILES string of the molecule is CC[C@H](C)[C@H](NC(=O)[C@@H](C)NC(=O)[C@@H](CCC(N)=O)NC(=O)[C@H](CO)NC(=O)[C@@H](NC(=O)[C@@H](Cc1ccccc1)NC)[C@@H](C)CC)C(=O)N[C@@H](CO)C(=O)N[C@H]1C(=O)N[C@@H](C)C(=O)N[C@@H](CCCCN)C(=O)N[C@@H]([C@@H](C)CC)C(=O)O[C@H]1C. The van der Waals surface area contributed by atoms with E-state index in [0.29, 0.717) is 38.6 Å². The first-order valence-electron chi connectivity index (χ1n) is 28.4. The van der Waals surface area contributed by atoms with Crippen LogP contribution in [0.5, 0.6) is 0 Å². The van der Waals surface area contributed by atoms with Crippen LogP contribution in [0.15, 0.2) is 30.3 Å². The van der Waals surface area contributed by atoms with Gasteiger partial charge in [-0.15, -0.1) is 0 Å². The van der Waals surface area contributed by atoms with Crippen LogP contribution in [0.25, 0.3) is 0 Å². The minimum Gasteiger partial charge on any atom is -0.458 e. The molecule has 2 rings (SSSR count). The van der Waals surface area contributed by atoms with Crippen molar-refractivity contribution in [3.05, 3.63) is 35.9 Å². The van der Waals surface area contributed by atoms with Crippen LogP contribution in [-0.2, 0) is 68.7 Å². The Bertz CT molecular complexity index is 2370. The Kier molecular flexibility index (Phi) is 31.4. The molecular formula is C55H91N13O15. The van der Waals surface area contributed by atoms with Gasteiger partial charge in [-0.25, -0.2) is 4.79 Å². The maximum Gasteiger partial charge on any atom is 0.329 e. The highest BCUT2D eigenvalue weighted by atomic mass is 16.5. The van der Waals surface area contributed by atoms with Crippen molar-refractivity contribution < 1.29 is 72.5 Å². The summed E-state index contributed by atoms with van der Waals surface area (Å²) in [4.78, 5) is 163. The van der Waals surface area contributed by atoms with Gasteiger partial charge in [-0.05, 0) is 89.8 Å². The fourth-order valence-electron chi connectivity index (χ4n) is 8.55. The van der Waals surface area contributed by atoms with E-state index in [9.17, 15) is 67.7 Å². The number of esters is 1. The van der Waals surface area contributed by atoms with E-state index in [-0.39, 0.29) is 12.8 Å². The monoisotopic (exact) mass is 1170 g/mol. The molecule has 28 heteroatoms. The van der Waals surface area contributed by atoms with Crippen molar-refractivity contribution in [2.45, 2.75) is 193 Å². The highest BCUT2D eigenvalue weighted by molar-refractivity contribution is 5.99. The molecule has 1 saturated heterocycles. The number of nitrogens with two attached hydrogens (primary N) is 2. The van der Waals surface area contributed by atoms with Gasteiger partial charge in [0.05, 0.1) is 19.3 Å². The molecule has 1 heterocycles. The molecule has 0 saturated carbocycles. The predicted molar refractivity (Wildman–Crippen MR) is 303 cm³/mol. The molecule has 1 aromatic carbocycles. The summed E-state index contributed by atoms with van der Waals surface area (Å²) in [6, 6.07) is -6.09. The van der Waals surface area contributed by atoms with Crippen molar-refractivity contribution in [3.8, 4) is 0 Å². The summed E-state index contributed by atoms with van der Waals surface area (Å²) in [6.07, 6.45) is 0.221. The molecule has 1 aliphatic rings. The summed E-state index contributed by atoms with van der Waals surface area (Å²) >= 11 is 0. The fourth-order valence-corrected chi connectivity index (χ4v) is 8.55. The number of nitrogens with one attached hydrogen (secondary N) is 11. The number of ether oxygens (including phenoxy) is 1. The molecule has 11 amide bonds. The van der Waals surface area contributed by atoms with E-state index >= 15 is 0 Å². The van der Waals surface area contributed by atoms with E-state index in [0.717, 1.165) is 5.56 Å². The minimum atomic E-state index is -1.80. The Morgan fingerprint density at radius 3 is 1.67 bits per heavy atom. The van der Waals surface area contributed by atoms with Crippen LogP contribution in [0.4, 0.5) is 0 Å². The number of aliphatic hydroxyl groups is 2. The summed E-state index contributed by atoms with van der Waals surface area (Å²) in [5, 5.41) is 48.6. The van der Waals surface area contributed by atoms with Crippen molar-refractivity contribution in [2.24, 2.45) is 29.2 Å². The van der Waals surface area contributed by atoms with E-state index in [1.165, 1.54) is 20.8 Å². The second kappa shape index (κ2) is 36.3. The van der Waals surface area contributed by atoms with Crippen LogP contribution in [0.1, 0.15) is 119 Å². The third-order valence-corrected chi connectivity index (χ3v) is 14.7. The third-order valence-electron chi connectivity index (χ3n) is 14.7. The number of rotatable bonds is 32. The zero-order valence-electron chi connectivity index (χ0n) is 49.4. The number of unbranched alkanes of at least 4 members (excludes halogenated alkanes) is 1. The first-order chi connectivity index (χ1) is 39.2. The van der Waals surface area contributed by atoms with E-state index in [2.05, 4.69) is 58.5 Å². The lowest BCUT2D eigenvalue weighted by Gasteiger charge is -2.30. The van der Waals surface area contributed by atoms with Gasteiger partial charge in [0.15, 0.2) is 0 Å².